The van der Waals surface area contributed by atoms with Crippen LogP contribution in [0, 0.1) is 5.92 Å². The number of hydrogen-bond acceptors (Lipinski definition) is 5. The fraction of sp³-hybridized carbons (Fsp3) is 0.688. The number of allylic oxidation sites excluding steroid dienone is 1. The molecular formula is C16H27N3O3S. The van der Waals surface area contributed by atoms with E-state index < -0.39 is 0 Å². The van der Waals surface area contributed by atoms with Crippen LogP contribution in [0.15, 0.2) is 28.4 Å². The fourth-order valence-corrected chi connectivity index (χ4v) is 2.48. The number of methoxy groups -OCH3 is 1. The standard InChI is InChI=1S/C16H27N3O3S/c1-7-11(2)15(18-19-17)13(4)14(22-10-23-6)9-8-12(3)16(20)21-5/h7-8,13-15H,9-10H2,1-6H3/b11-7+,12-8+/t13-,14+,15+/m0/s1. The van der Waals surface area contributed by atoms with Crippen molar-refractivity contribution in [1.82, 2.24) is 0 Å². The molecule has 0 unspecified atom stereocenters. The summed E-state index contributed by atoms with van der Waals surface area (Å²) >= 11 is 1.58. The van der Waals surface area contributed by atoms with E-state index in [9.17, 15) is 4.79 Å². The van der Waals surface area contributed by atoms with Crippen LogP contribution in [-0.4, -0.2) is 37.4 Å². The van der Waals surface area contributed by atoms with E-state index in [1.165, 1.54) is 7.11 Å². The first kappa shape index (κ1) is 21.6. The number of azide groups is 1. The van der Waals surface area contributed by atoms with E-state index in [1.807, 2.05) is 39.2 Å². The third-order valence-electron chi connectivity index (χ3n) is 3.75. The van der Waals surface area contributed by atoms with E-state index in [2.05, 4.69) is 10.0 Å². The summed E-state index contributed by atoms with van der Waals surface area (Å²) < 4.78 is 10.6. The maximum Gasteiger partial charge on any atom is 0.333 e. The zero-order valence-corrected chi connectivity index (χ0v) is 15.6. The molecule has 0 aliphatic heterocycles. The second-order valence-corrected chi connectivity index (χ2v) is 6.08. The molecule has 3 atom stereocenters. The van der Waals surface area contributed by atoms with Gasteiger partial charge in [0.05, 0.1) is 25.2 Å². The van der Waals surface area contributed by atoms with Gasteiger partial charge in [-0.2, -0.15) is 0 Å². The van der Waals surface area contributed by atoms with Crippen molar-refractivity contribution in [3.63, 3.8) is 0 Å². The zero-order valence-electron chi connectivity index (χ0n) is 14.8. The summed E-state index contributed by atoms with van der Waals surface area (Å²) in [5.41, 5.74) is 10.4. The molecule has 0 aliphatic carbocycles. The number of nitrogens with zero attached hydrogens (tertiary/aromatic N) is 3. The lowest BCUT2D eigenvalue weighted by molar-refractivity contribution is -0.136. The van der Waals surface area contributed by atoms with Gasteiger partial charge in [0, 0.05) is 10.5 Å². The number of carbonyl (C=O) groups is 1. The molecule has 0 spiro atoms. The third-order valence-corrected chi connectivity index (χ3v) is 4.12. The Morgan fingerprint density at radius 2 is 2.09 bits per heavy atom. The first-order valence-electron chi connectivity index (χ1n) is 7.45. The predicted molar refractivity (Wildman–Crippen MR) is 95.2 cm³/mol. The molecule has 0 amide bonds. The van der Waals surface area contributed by atoms with E-state index in [1.54, 1.807) is 18.7 Å². The summed E-state index contributed by atoms with van der Waals surface area (Å²) in [6.45, 7) is 7.57. The second-order valence-electron chi connectivity index (χ2n) is 5.27. The summed E-state index contributed by atoms with van der Waals surface area (Å²) in [6.07, 6.45) is 6.10. The van der Waals surface area contributed by atoms with Gasteiger partial charge in [-0.15, -0.1) is 11.8 Å². The Labute approximate surface area is 142 Å². The van der Waals surface area contributed by atoms with Crippen molar-refractivity contribution in [2.45, 2.75) is 46.3 Å². The molecule has 0 bridgehead atoms. The van der Waals surface area contributed by atoms with Gasteiger partial charge in [0.25, 0.3) is 0 Å². The van der Waals surface area contributed by atoms with Crippen LogP contribution >= 0.6 is 11.8 Å². The van der Waals surface area contributed by atoms with E-state index in [4.69, 9.17) is 15.0 Å². The summed E-state index contributed by atoms with van der Waals surface area (Å²) in [6, 6.07) is -0.274. The lowest BCUT2D eigenvalue weighted by Crippen LogP contribution is -2.31. The van der Waals surface area contributed by atoms with Crippen LogP contribution in [0.4, 0.5) is 0 Å². The summed E-state index contributed by atoms with van der Waals surface area (Å²) in [5, 5.41) is 3.92. The van der Waals surface area contributed by atoms with Crippen LogP contribution in [0.1, 0.15) is 34.1 Å². The molecule has 6 nitrogen and oxygen atoms in total. The van der Waals surface area contributed by atoms with Crippen LogP contribution in [0.5, 0.6) is 0 Å². The van der Waals surface area contributed by atoms with Crippen LogP contribution < -0.4 is 0 Å². The molecule has 0 radical (unpaired) electrons. The van der Waals surface area contributed by atoms with Crippen molar-refractivity contribution in [1.29, 1.82) is 0 Å². The number of esters is 1. The summed E-state index contributed by atoms with van der Waals surface area (Å²) in [7, 11) is 1.36. The van der Waals surface area contributed by atoms with Crippen molar-refractivity contribution in [2.24, 2.45) is 11.0 Å². The number of ether oxygens (including phenoxy) is 2. The van der Waals surface area contributed by atoms with Crippen molar-refractivity contribution >= 4 is 17.7 Å². The largest absolute Gasteiger partial charge is 0.466 e. The Kier molecular flexibility index (Phi) is 11.3. The SMILES string of the molecule is C/C=C(\C)[C@@H](N=[N+]=[N-])[C@@H](C)[C@@H](C/C=C(\C)C(=O)OC)OCSC. The Morgan fingerprint density at radius 3 is 2.57 bits per heavy atom. The van der Waals surface area contributed by atoms with Crippen LogP contribution in [-0.2, 0) is 14.3 Å². The molecule has 0 rings (SSSR count). The van der Waals surface area contributed by atoms with Crippen molar-refractivity contribution < 1.29 is 14.3 Å². The van der Waals surface area contributed by atoms with Gasteiger partial charge in [0.1, 0.15) is 0 Å². The van der Waals surface area contributed by atoms with E-state index in [-0.39, 0.29) is 24.0 Å². The van der Waals surface area contributed by atoms with Gasteiger partial charge in [0.15, 0.2) is 0 Å². The molecule has 130 valence electrons. The van der Waals surface area contributed by atoms with E-state index in [0.29, 0.717) is 17.9 Å². The van der Waals surface area contributed by atoms with Crippen molar-refractivity contribution in [2.75, 3.05) is 19.3 Å². The molecular weight excluding hydrogens is 314 g/mol. The molecule has 0 N–H and O–H groups in total. The minimum atomic E-state index is -0.350. The number of carbonyl (C=O) groups excluding carboxylic acids is 1. The lowest BCUT2D eigenvalue weighted by Gasteiger charge is -2.28. The highest BCUT2D eigenvalue weighted by molar-refractivity contribution is 7.98. The Hall–Kier alpha value is -1.43. The Bertz CT molecular complexity index is 485. The van der Waals surface area contributed by atoms with Crippen LogP contribution in [0.2, 0.25) is 0 Å². The van der Waals surface area contributed by atoms with Gasteiger partial charge in [-0.25, -0.2) is 4.79 Å². The van der Waals surface area contributed by atoms with Gasteiger partial charge in [-0.1, -0.05) is 29.8 Å². The summed E-state index contributed by atoms with van der Waals surface area (Å²) in [5.74, 6) is 0.172. The van der Waals surface area contributed by atoms with Gasteiger partial charge < -0.3 is 9.47 Å². The highest BCUT2D eigenvalue weighted by Gasteiger charge is 2.26. The molecule has 0 saturated heterocycles. The first-order valence-corrected chi connectivity index (χ1v) is 8.84. The monoisotopic (exact) mass is 341 g/mol. The number of thioether (sulfide) groups is 1. The highest BCUT2D eigenvalue weighted by Crippen LogP contribution is 2.25. The normalized spacial score (nSPS) is 16.3. The molecule has 23 heavy (non-hydrogen) atoms. The minimum absolute atomic E-state index is 0.0176. The van der Waals surface area contributed by atoms with E-state index in [0.717, 1.165) is 5.57 Å². The van der Waals surface area contributed by atoms with Crippen LogP contribution in [0.25, 0.3) is 10.4 Å². The molecule has 7 heteroatoms. The number of hydrogen-bond donors (Lipinski definition) is 0. The average Bonchev–Trinajstić information content (AvgIpc) is 2.57. The van der Waals surface area contributed by atoms with Gasteiger partial charge in [0.2, 0.25) is 0 Å². The Morgan fingerprint density at radius 1 is 1.43 bits per heavy atom. The van der Waals surface area contributed by atoms with Crippen molar-refractivity contribution in [3.8, 4) is 0 Å². The smallest absolute Gasteiger partial charge is 0.333 e. The molecule has 0 aliphatic rings. The quantitative estimate of drug-likeness (QED) is 0.111. The predicted octanol–water partition coefficient (Wildman–Crippen LogP) is 4.48. The second kappa shape index (κ2) is 12.0. The molecule has 0 aromatic rings. The summed E-state index contributed by atoms with van der Waals surface area (Å²) in [4.78, 5) is 14.4. The van der Waals surface area contributed by atoms with Gasteiger partial charge in [-0.05, 0) is 44.9 Å². The van der Waals surface area contributed by atoms with E-state index >= 15 is 0 Å². The maximum absolute atomic E-state index is 11.5. The molecule has 0 heterocycles. The van der Waals surface area contributed by atoms with Gasteiger partial charge in [-0.3, -0.25) is 0 Å². The topological polar surface area (TPSA) is 84.3 Å². The van der Waals surface area contributed by atoms with Crippen molar-refractivity contribution in [3.05, 3.63) is 33.7 Å². The molecule has 0 aromatic heterocycles. The van der Waals surface area contributed by atoms with Crippen LogP contribution in [0.3, 0.4) is 0 Å². The Balaban J connectivity index is 5.27. The number of rotatable bonds is 10. The van der Waals surface area contributed by atoms with Gasteiger partial charge >= 0.3 is 5.97 Å². The minimum Gasteiger partial charge on any atom is -0.466 e. The molecule has 0 fully saturated rings. The first-order chi connectivity index (χ1) is 10.9. The lowest BCUT2D eigenvalue weighted by atomic mass is 9.89. The molecule has 0 saturated carbocycles. The average molecular weight is 341 g/mol. The fourth-order valence-electron chi connectivity index (χ4n) is 2.17. The maximum atomic E-state index is 11.5. The molecule has 0 aromatic carbocycles. The third kappa shape index (κ3) is 7.59. The highest BCUT2D eigenvalue weighted by atomic mass is 32.2. The zero-order chi connectivity index (χ0) is 17.8.